The lowest BCUT2D eigenvalue weighted by Crippen LogP contribution is -2.35. The highest BCUT2D eigenvalue weighted by molar-refractivity contribution is 5.99. The number of anilines is 1. The summed E-state index contributed by atoms with van der Waals surface area (Å²) in [5.74, 6) is 1.74. The van der Waals surface area contributed by atoms with Crippen molar-refractivity contribution in [2.24, 2.45) is 11.7 Å². The first-order valence-corrected chi connectivity index (χ1v) is 11.1. The second-order valence-electron chi connectivity index (χ2n) is 8.26. The largest absolute Gasteiger partial charge is 0.496 e. The molecule has 0 spiro atoms. The van der Waals surface area contributed by atoms with Gasteiger partial charge in [0, 0.05) is 24.7 Å². The van der Waals surface area contributed by atoms with Crippen LogP contribution in [0.4, 0.5) is 5.69 Å². The zero-order valence-electron chi connectivity index (χ0n) is 18.5. The predicted molar refractivity (Wildman–Crippen MR) is 127 cm³/mol. The molecule has 0 aliphatic carbocycles. The minimum Gasteiger partial charge on any atom is -0.496 e. The van der Waals surface area contributed by atoms with E-state index in [1.54, 1.807) is 19.2 Å². The van der Waals surface area contributed by atoms with Crippen LogP contribution in [0.15, 0.2) is 72.8 Å². The van der Waals surface area contributed by atoms with Crippen molar-refractivity contribution in [2.75, 3.05) is 25.1 Å². The number of hydrogen-bond donors (Lipinski definition) is 1. The van der Waals surface area contributed by atoms with E-state index in [-0.39, 0.29) is 0 Å². The molecule has 3 aromatic rings. The van der Waals surface area contributed by atoms with Crippen molar-refractivity contribution < 1.29 is 14.3 Å². The molecule has 5 nitrogen and oxygen atoms in total. The second-order valence-corrected chi connectivity index (χ2v) is 8.26. The summed E-state index contributed by atoms with van der Waals surface area (Å²) in [6.07, 6.45) is 3.26. The van der Waals surface area contributed by atoms with Crippen LogP contribution < -0.4 is 20.1 Å². The molecular formula is C27H30N2O3. The zero-order chi connectivity index (χ0) is 22.3. The van der Waals surface area contributed by atoms with Gasteiger partial charge in [-0.3, -0.25) is 4.79 Å². The number of rotatable bonds is 8. The Hall–Kier alpha value is -3.47. The van der Waals surface area contributed by atoms with Gasteiger partial charge in [0.1, 0.15) is 18.1 Å². The van der Waals surface area contributed by atoms with Gasteiger partial charge in [0.2, 0.25) is 0 Å². The van der Waals surface area contributed by atoms with E-state index in [2.05, 4.69) is 35.2 Å². The highest BCUT2D eigenvalue weighted by Gasteiger charge is 2.23. The van der Waals surface area contributed by atoms with Crippen LogP contribution in [0.1, 0.15) is 34.3 Å². The van der Waals surface area contributed by atoms with Gasteiger partial charge < -0.3 is 20.1 Å². The number of para-hydroxylation sites is 1. The molecule has 0 saturated carbocycles. The van der Waals surface area contributed by atoms with Crippen LogP contribution in [0.25, 0.3) is 0 Å². The summed E-state index contributed by atoms with van der Waals surface area (Å²) < 4.78 is 11.4. The molecule has 32 heavy (non-hydrogen) atoms. The first-order chi connectivity index (χ1) is 15.6. The number of carbonyl (C=O) groups excluding carboxylic acids is 1. The van der Waals surface area contributed by atoms with Gasteiger partial charge >= 0.3 is 0 Å². The Morgan fingerprint density at radius 1 is 1.00 bits per heavy atom. The van der Waals surface area contributed by atoms with Gasteiger partial charge in [0.15, 0.2) is 0 Å². The average molecular weight is 431 g/mol. The summed E-state index contributed by atoms with van der Waals surface area (Å²) in [4.78, 5) is 14.3. The van der Waals surface area contributed by atoms with Crippen LogP contribution in [-0.4, -0.2) is 26.1 Å². The molecule has 1 amide bonds. The third-order valence-electron chi connectivity index (χ3n) is 6.14. The van der Waals surface area contributed by atoms with E-state index in [1.165, 1.54) is 5.56 Å². The highest BCUT2D eigenvalue weighted by atomic mass is 16.5. The first-order valence-electron chi connectivity index (χ1n) is 11.1. The van der Waals surface area contributed by atoms with Gasteiger partial charge in [-0.05, 0) is 48.9 Å². The van der Waals surface area contributed by atoms with Crippen molar-refractivity contribution in [3.8, 4) is 11.5 Å². The van der Waals surface area contributed by atoms with E-state index >= 15 is 0 Å². The van der Waals surface area contributed by atoms with Crippen LogP contribution in [-0.2, 0) is 13.0 Å². The molecule has 0 aromatic heterocycles. The first kappa shape index (κ1) is 21.8. The van der Waals surface area contributed by atoms with Crippen LogP contribution in [0, 0.1) is 5.92 Å². The lowest BCUT2D eigenvalue weighted by atomic mass is 9.89. The Bertz CT molecular complexity index is 1040. The quantitative estimate of drug-likeness (QED) is 0.556. The van der Waals surface area contributed by atoms with Crippen molar-refractivity contribution in [3.63, 3.8) is 0 Å². The van der Waals surface area contributed by atoms with E-state index in [1.807, 2.05) is 30.3 Å². The van der Waals surface area contributed by atoms with Crippen LogP contribution in [0.5, 0.6) is 11.5 Å². The molecule has 1 saturated heterocycles. The lowest BCUT2D eigenvalue weighted by Gasteiger charge is -2.34. The minimum atomic E-state index is -0.414. The maximum Gasteiger partial charge on any atom is 0.250 e. The molecule has 2 N–H and O–H groups in total. The Morgan fingerprint density at radius 2 is 1.72 bits per heavy atom. The molecule has 166 valence electrons. The zero-order valence-corrected chi connectivity index (χ0v) is 18.5. The maximum absolute atomic E-state index is 12.1. The molecule has 0 radical (unpaired) electrons. The average Bonchev–Trinajstić information content (AvgIpc) is 2.84. The second kappa shape index (κ2) is 10.2. The third kappa shape index (κ3) is 5.22. The molecule has 4 rings (SSSR count). The Kier molecular flexibility index (Phi) is 6.95. The molecule has 1 aliphatic rings. The minimum absolute atomic E-state index is 0.387. The summed E-state index contributed by atoms with van der Waals surface area (Å²) in [7, 11) is 1.65. The van der Waals surface area contributed by atoms with E-state index in [4.69, 9.17) is 15.2 Å². The third-order valence-corrected chi connectivity index (χ3v) is 6.14. The molecule has 1 heterocycles. The number of piperidine rings is 1. The highest BCUT2D eigenvalue weighted by Crippen LogP contribution is 2.31. The maximum atomic E-state index is 12.1. The predicted octanol–water partition coefficient (Wildman–Crippen LogP) is 4.83. The Balaban J connectivity index is 1.45. The van der Waals surface area contributed by atoms with Crippen LogP contribution >= 0.6 is 0 Å². The molecule has 5 heteroatoms. The number of methoxy groups -OCH3 is 1. The monoisotopic (exact) mass is 430 g/mol. The number of ether oxygens (including phenoxy) is 2. The Labute approximate surface area is 189 Å². The van der Waals surface area contributed by atoms with Crippen molar-refractivity contribution in [3.05, 3.63) is 89.5 Å². The fraction of sp³-hybridized carbons (Fsp3) is 0.296. The SMILES string of the molecule is COc1ccccc1COc1ccc(C(N)=O)c(N2CCC(Cc3ccccc3)CC2)c1. The van der Waals surface area contributed by atoms with E-state index < -0.39 is 5.91 Å². The van der Waals surface area contributed by atoms with Gasteiger partial charge in [0.25, 0.3) is 5.91 Å². The molecule has 1 fully saturated rings. The lowest BCUT2D eigenvalue weighted by molar-refractivity contribution is 0.100. The number of nitrogens with two attached hydrogens (primary N) is 1. The summed E-state index contributed by atoms with van der Waals surface area (Å²) in [5, 5.41) is 0. The van der Waals surface area contributed by atoms with E-state index in [9.17, 15) is 4.79 Å². The summed E-state index contributed by atoms with van der Waals surface area (Å²) in [6.45, 7) is 2.18. The number of primary amides is 1. The molecule has 0 bridgehead atoms. The van der Waals surface area contributed by atoms with Gasteiger partial charge in [0.05, 0.1) is 18.4 Å². The molecular weight excluding hydrogens is 400 g/mol. The van der Waals surface area contributed by atoms with Crippen molar-refractivity contribution in [1.29, 1.82) is 0 Å². The topological polar surface area (TPSA) is 64.8 Å². The van der Waals surface area contributed by atoms with E-state index in [0.717, 1.165) is 49.4 Å². The molecule has 1 aliphatic heterocycles. The number of hydrogen-bond acceptors (Lipinski definition) is 4. The number of amides is 1. The number of carbonyl (C=O) groups is 1. The van der Waals surface area contributed by atoms with Crippen molar-refractivity contribution in [1.82, 2.24) is 0 Å². The van der Waals surface area contributed by atoms with Gasteiger partial charge in [-0.2, -0.15) is 0 Å². The summed E-state index contributed by atoms with van der Waals surface area (Å²) in [5.41, 5.74) is 9.43. The normalized spacial score (nSPS) is 14.2. The fourth-order valence-electron chi connectivity index (χ4n) is 4.38. The standard InChI is InChI=1S/C27H30N2O3/c1-31-26-10-6-5-9-22(26)19-32-23-11-12-24(27(28)30)25(18-23)29-15-13-21(14-16-29)17-20-7-3-2-4-8-20/h2-12,18,21H,13-17,19H2,1H3,(H2,28,30). The van der Waals surface area contributed by atoms with Crippen molar-refractivity contribution >= 4 is 11.6 Å². The fourth-order valence-corrected chi connectivity index (χ4v) is 4.38. The molecule has 3 aromatic carbocycles. The van der Waals surface area contributed by atoms with Crippen LogP contribution in [0.2, 0.25) is 0 Å². The number of benzene rings is 3. The molecule has 0 atom stereocenters. The van der Waals surface area contributed by atoms with Gasteiger partial charge in [-0.25, -0.2) is 0 Å². The van der Waals surface area contributed by atoms with Gasteiger partial charge in [-0.15, -0.1) is 0 Å². The van der Waals surface area contributed by atoms with Crippen LogP contribution in [0.3, 0.4) is 0 Å². The summed E-state index contributed by atoms with van der Waals surface area (Å²) in [6, 6.07) is 23.9. The smallest absolute Gasteiger partial charge is 0.250 e. The molecule has 0 unspecified atom stereocenters. The number of nitrogens with zero attached hydrogens (tertiary/aromatic N) is 1. The Morgan fingerprint density at radius 3 is 2.44 bits per heavy atom. The van der Waals surface area contributed by atoms with Gasteiger partial charge in [-0.1, -0.05) is 48.5 Å². The van der Waals surface area contributed by atoms with E-state index in [0.29, 0.717) is 23.8 Å². The summed E-state index contributed by atoms with van der Waals surface area (Å²) >= 11 is 0. The van der Waals surface area contributed by atoms with Crippen molar-refractivity contribution in [2.45, 2.75) is 25.9 Å².